The van der Waals surface area contributed by atoms with Crippen molar-refractivity contribution in [1.29, 1.82) is 0 Å². The van der Waals surface area contributed by atoms with Crippen LogP contribution in [0.1, 0.15) is 17.5 Å². The number of thioether (sulfide) groups is 1. The Morgan fingerprint density at radius 2 is 1.54 bits per heavy atom. The maximum absolute atomic E-state index is 10.8. The van der Waals surface area contributed by atoms with Gasteiger partial charge in [-0.15, -0.1) is 0 Å². The van der Waals surface area contributed by atoms with Gasteiger partial charge in [-0.05, 0) is 51.8 Å². The number of benzene rings is 3. The molecular formula is C20H21NO2S. The van der Waals surface area contributed by atoms with Crippen LogP contribution >= 0.6 is 11.8 Å². The third kappa shape index (κ3) is 3.25. The van der Waals surface area contributed by atoms with Crippen LogP contribution in [0.25, 0.3) is 21.5 Å². The molecule has 3 nitrogen and oxygen atoms in total. The van der Waals surface area contributed by atoms with Crippen molar-refractivity contribution in [3.8, 4) is 0 Å². The minimum Gasteiger partial charge on any atom is -0.480 e. The van der Waals surface area contributed by atoms with Crippen LogP contribution in [0.4, 0.5) is 0 Å². The number of hydrogen-bond donors (Lipinski definition) is 2. The Morgan fingerprint density at radius 1 is 1.04 bits per heavy atom. The van der Waals surface area contributed by atoms with E-state index in [1.165, 1.54) is 32.7 Å². The highest BCUT2D eigenvalue weighted by molar-refractivity contribution is 7.98. The molecule has 3 aromatic carbocycles. The average molecular weight is 339 g/mol. The zero-order valence-corrected chi connectivity index (χ0v) is 14.5. The van der Waals surface area contributed by atoms with Crippen LogP contribution in [0.5, 0.6) is 0 Å². The topological polar surface area (TPSA) is 63.3 Å². The number of carbonyl (C=O) groups is 1. The molecule has 0 heterocycles. The van der Waals surface area contributed by atoms with Gasteiger partial charge in [-0.25, -0.2) is 0 Å². The average Bonchev–Trinajstić information content (AvgIpc) is 2.60. The van der Waals surface area contributed by atoms with Crippen molar-refractivity contribution in [2.45, 2.75) is 25.1 Å². The number of aryl methyl sites for hydroxylation is 1. The number of rotatable bonds is 6. The van der Waals surface area contributed by atoms with Crippen molar-refractivity contribution in [3.63, 3.8) is 0 Å². The molecule has 0 aliphatic rings. The molecule has 0 saturated carbocycles. The fourth-order valence-electron chi connectivity index (χ4n) is 3.10. The van der Waals surface area contributed by atoms with Crippen LogP contribution in [0, 0.1) is 6.92 Å². The molecule has 3 rings (SSSR count). The summed E-state index contributed by atoms with van der Waals surface area (Å²) >= 11 is 1.74. The lowest BCUT2D eigenvalue weighted by Crippen LogP contribution is -2.30. The van der Waals surface area contributed by atoms with Crippen molar-refractivity contribution >= 4 is 39.3 Å². The predicted octanol–water partition coefficient (Wildman–Crippen LogP) is 4.34. The van der Waals surface area contributed by atoms with Crippen molar-refractivity contribution in [2.75, 3.05) is 5.75 Å². The maximum atomic E-state index is 10.8. The lowest BCUT2D eigenvalue weighted by atomic mass is 9.93. The van der Waals surface area contributed by atoms with E-state index < -0.39 is 12.0 Å². The van der Waals surface area contributed by atoms with E-state index >= 15 is 0 Å². The van der Waals surface area contributed by atoms with E-state index in [-0.39, 0.29) is 0 Å². The molecule has 1 unspecified atom stereocenters. The Hall–Kier alpha value is -2.04. The summed E-state index contributed by atoms with van der Waals surface area (Å²) in [5.74, 6) is 0.666. The molecule has 0 saturated heterocycles. The van der Waals surface area contributed by atoms with Crippen LogP contribution in [0.3, 0.4) is 0 Å². The van der Waals surface area contributed by atoms with Gasteiger partial charge in [-0.2, -0.15) is 11.8 Å². The SMILES string of the molecule is Cc1c2ccccc2c(CSCCC(N)C(=O)O)c2ccccc12. The number of nitrogens with two attached hydrogens (primary N) is 1. The molecule has 4 heteroatoms. The second kappa shape index (κ2) is 7.24. The molecule has 3 aromatic rings. The smallest absolute Gasteiger partial charge is 0.320 e. The zero-order chi connectivity index (χ0) is 17.1. The molecule has 24 heavy (non-hydrogen) atoms. The van der Waals surface area contributed by atoms with Crippen molar-refractivity contribution in [3.05, 3.63) is 59.7 Å². The van der Waals surface area contributed by atoms with Gasteiger partial charge in [-0.1, -0.05) is 48.5 Å². The third-order valence-corrected chi connectivity index (χ3v) is 5.47. The Morgan fingerprint density at radius 3 is 2.04 bits per heavy atom. The molecule has 0 aromatic heterocycles. The fourth-order valence-corrected chi connectivity index (χ4v) is 4.18. The van der Waals surface area contributed by atoms with Crippen molar-refractivity contribution < 1.29 is 9.90 Å². The second-order valence-corrected chi connectivity index (χ2v) is 7.09. The van der Waals surface area contributed by atoms with Crippen LogP contribution in [0.2, 0.25) is 0 Å². The molecule has 0 bridgehead atoms. The summed E-state index contributed by atoms with van der Waals surface area (Å²) in [5, 5.41) is 14.0. The van der Waals surface area contributed by atoms with Gasteiger partial charge in [0.2, 0.25) is 0 Å². The number of carboxylic acid groups (broad SMARTS) is 1. The standard InChI is InChI=1S/C20H21NO2S/c1-13-14-6-2-4-8-16(14)18(17-9-5-3-7-15(13)17)12-24-11-10-19(21)20(22)23/h2-9,19H,10-12,21H2,1H3,(H,22,23). The lowest BCUT2D eigenvalue weighted by Gasteiger charge is -2.15. The minimum absolute atomic E-state index is 0.488. The Balaban J connectivity index is 1.93. The first-order valence-electron chi connectivity index (χ1n) is 8.04. The third-order valence-electron chi connectivity index (χ3n) is 4.45. The van der Waals surface area contributed by atoms with Gasteiger partial charge in [-0.3, -0.25) is 4.79 Å². The maximum Gasteiger partial charge on any atom is 0.320 e. The van der Waals surface area contributed by atoms with E-state index in [2.05, 4.69) is 55.5 Å². The molecule has 0 radical (unpaired) electrons. The van der Waals surface area contributed by atoms with Crippen LogP contribution in [0.15, 0.2) is 48.5 Å². The summed E-state index contributed by atoms with van der Waals surface area (Å²) in [6.07, 6.45) is 0.488. The minimum atomic E-state index is -0.929. The van der Waals surface area contributed by atoms with Crippen molar-refractivity contribution in [2.24, 2.45) is 5.73 Å². The van der Waals surface area contributed by atoms with Crippen LogP contribution in [-0.4, -0.2) is 22.9 Å². The van der Waals surface area contributed by atoms with Gasteiger partial charge in [0, 0.05) is 5.75 Å². The second-order valence-electron chi connectivity index (χ2n) is 5.98. The van der Waals surface area contributed by atoms with Crippen molar-refractivity contribution in [1.82, 2.24) is 0 Å². The highest BCUT2D eigenvalue weighted by atomic mass is 32.2. The Bertz CT molecular complexity index is 834. The monoisotopic (exact) mass is 339 g/mol. The molecule has 0 spiro atoms. The first-order valence-corrected chi connectivity index (χ1v) is 9.20. The molecule has 0 amide bonds. The summed E-state index contributed by atoms with van der Waals surface area (Å²) in [4.78, 5) is 10.8. The number of fused-ring (bicyclic) bond motifs is 2. The van der Waals surface area contributed by atoms with Crippen LogP contribution in [-0.2, 0) is 10.5 Å². The predicted molar refractivity (Wildman–Crippen MR) is 103 cm³/mol. The molecule has 0 aliphatic carbocycles. The molecule has 0 aliphatic heterocycles. The van der Waals surface area contributed by atoms with Gasteiger partial charge >= 0.3 is 5.97 Å². The fraction of sp³-hybridized carbons (Fsp3) is 0.250. The first-order chi connectivity index (χ1) is 11.6. The highest BCUT2D eigenvalue weighted by Crippen LogP contribution is 2.34. The lowest BCUT2D eigenvalue weighted by molar-refractivity contribution is -0.138. The molecule has 0 fully saturated rings. The van der Waals surface area contributed by atoms with E-state index in [0.29, 0.717) is 6.42 Å². The van der Waals surface area contributed by atoms with Gasteiger partial charge in [0.05, 0.1) is 0 Å². The Kier molecular flexibility index (Phi) is 5.07. The number of hydrogen-bond acceptors (Lipinski definition) is 3. The summed E-state index contributed by atoms with van der Waals surface area (Å²) in [6.45, 7) is 2.17. The van der Waals surface area contributed by atoms with Gasteiger partial charge in [0.15, 0.2) is 0 Å². The van der Waals surface area contributed by atoms with Gasteiger partial charge in [0.25, 0.3) is 0 Å². The summed E-state index contributed by atoms with van der Waals surface area (Å²) < 4.78 is 0. The first kappa shape index (κ1) is 16.8. The van der Waals surface area contributed by atoms with Gasteiger partial charge in [0.1, 0.15) is 6.04 Å². The van der Waals surface area contributed by atoms with E-state index in [4.69, 9.17) is 10.8 Å². The molecule has 124 valence electrons. The van der Waals surface area contributed by atoms with E-state index in [9.17, 15) is 4.79 Å². The quantitative estimate of drug-likeness (QED) is 0.518. The van der Waals surface area contributed by atoms with Gasteiger partial charge < -0.3 is 10.8 Å². The number of aliphatic carboxylic acids is 1. The molecular weight excluding hydrogens is 318 g/mol. The van der Waals surface area contributed by atoms with E-state index in [0.717, 1.165) is 11.5 Å². The number of carboxylic acids is 1. The molecule has 1 atom stereocenters. The normalized spacial score (nSPS) is 12.6. The molecule has 3 N–H and O–H groups in total. The largest absolute Gasteiger partial charge is 0.480 e. The summed E-state index contributed by atoms with van der Waals surface area (Å²) in [5.41, 5.74) is 8.21. The summed E-state index contributed by atoms with van der Waals surface area (Å²) in [7, 11) is 0. The zero-order valence-electron chi connectivity index (χ0n) is 13.7. The highest BCUT2D eigenvalue weighted by Gasteiger charge is 2.13. The Labute approximate surface area is 145 Å². The van der Waals surface area contributed by atoms with Crippen LogP contribution < -0.4 is 5.73 Å². The van der Waals surface area contributed by atoms with E-state index in [1.807, 2.05) is 0 Å². The summed E-state index contributed by atoms with van der Waals surface area (Å²) in [6, 6.07) is 16.2. The van der Waals surface area contributed by atoms with E-state index in [1.54, 1.807) is 11.8 Å².